The molecule has 12 heterocycles. The zero-order valence-electron chi connectivity index (χ0n) is 76.1. The fraction of sp³-hybridized carbons (Fsp3) is 0.560. The van der Waals surface area contributed by atoms with Gasteiger partial charge in [-0.25, -0.2) is 57.4 Å². The Labute approximate surface area is 774 Å². The summed E-state index contributed by atoms with van der Waals surface area (Å²) in [5.74, 6) is -9.19. The predicted octanol–water partition coefficient (Wildman–Crippen LogP) is 9.24. The topological polar surface area (TPSA) is 555 Å². The van der Waals surface area contributed by atoms with Crippen molar-refractivity contribution in [3.05, 3.63) is 74.4 Å². The summed E-state index contributed by atoms with van der Waals surface area (Å²) in [7, 11) is 0. The number of imidazole rings is 4. The maximum atomic E-state index is 16.7. The Kier molecular flexibility index (Phi) is 36.3. The number of terminal acetylenes is 4. The molecule has 0 unspecified atom stereocenters. The van der Waals surface area contributed by atoms with Crippen LogP contribution in [0.3, 0.4) is 0 Å². The van der Waals surface area contributed by atoms with Gasteiger partial charge >= 0.3 is 47.8 Å². The number of unbranched alkanes of at least 4 members (excludes halogenated alkanes) is 10. The van der Waals surface area contributed by atoms with Crippen LogP contribution < -0.4 is 22.9 Å². The SMILES string of the molecule is C#C[C@]1(O)[C@H](n2cnc3c(N)ccnc32)O[C@](F)(CO)[C@H]1OC(=O)CCCCCCC.C#C[C@]1(O)[C@H](n2cnc3c(N)ccnc32)O[C@](F)(CO)[C@H]1OC(=O)CCCCCCCCC.C#C[C@]1(OC(=O)CC)[C@H](n2cnc3c(N)ccnc32)O[C@](F)(COC(=O)CC)[C@H]1OC(=O)CC.C#C[C@]1(OC(=O)CCC)[C@H](n2cnc3c(N)ccnc32)O[C@](F)(COC(=O)CCC)[C@H]1OC(=O)CCC. The summed E-state index contributed by atoms with van der Waals surface area (Å²) in [4.78, 5) is 132. The van der Waals surface area contributed by atoms with Gasteiger partial charge in [-0.1, -0.05) is 131 Å². The van der Waals surface area contributed by atoms with Gasteiger partial charge in [0.1, 0.15) is 35.3 Å². The maximum Gasteiger partial charge on any atom is 0.307 e. The molecule has 8 aromatic rings. The van der Waals surface area contributed by atoms with E-state index in [1.807, 2.05) is 0 Å². The molecule has 0 aromatic carbocycles. The number of aliphatic hydroxyl groups excluding tert-OH is 2. The molecule has 730 valence electrons. The second-order valence-corrected chi connectivity index (χ2v) is 32.1. The zero-order chi connectivity index (χ0) is 99.0. The third-order valence-corrected chi connectivity index (χ3v) is 22.3. The number of aromatic nitrogens is 12. The highest BCUT2D eigenvalue weighted by molar-refractivity contribution is 5.87. The first-order valence-corrected chi connectivity index (χ1v) is 44.3. The van der Waals surface area contributed by atoms with Crippen LogP contribution in [0.4, 0.5) is 40.3 Å². The molecule has 0 radical (unpaired) electrons. The molecule has 4 aliphatic heterocycles. The van der Waals surface area contributed by atoms with E-state index in [1.165, 1.54) is 120 Å². The van der Waals surface area contributed by atoms with Gasteiger partial charge in [-0.15, -0.1) is 25.7 Å². The lowest BCUT2D eigenvalue weighted by Crippen LogP contribution is -2.55. The zero-order valence-corrected chi connectivity index (χ0v) is 76.1. The monoisotopic (exact) mass is 1890 g/mol. The lowest BCUT2D eigenvalue weighted by Gasteiger charge is -2.34. The first kappa shape index (κ1) is 106. The summed E-state index contributed by atoms with van der Waals surface area (Å²) in [6.45, 7) is 9.63. The van der Waals surface area contributed by atoms with Gasteiger partial charge in [0, 0.05) is 76.2 Å². The molecule has 16 atom stereocenters. The molecule has 135 heavy (non-hydrogen) atoms. The third kappa shape index (κ3) is 22.9. The fourth-order valence-electron chi connectivity index (χ4n) is 15.3. The Balaban J connectivity index is 0.000000202. The quantitative estimate of drug-likeness (QED) is 0.00584. The van der Waals surface area contributed by atoms with Crippen LogP contribution in [0.1, 0.15) is 228 Å². The fourth-order valence-corrected chi connectivity index (χ4v) is 15.3. The summed E-state index contributed by atoms with van der Waals surface area (Å²) in [5, 5.41) is 41.8. The number of aliphatic hydroxyl groups is 4. The van der Waals surface area contributed by atoms with E-state index in [0.717, 1.165) is 57.8 Å². The Morgan fingerprint density at radius 3 is 0.978 bits per heavy atom. The number of pyridine rings is 4. The largest absolute Gasteiger partial charge is 0.459 e. The van der Waals surface area contributed by atoms with Gasteiger partial charge in [0.15, 0.2) is 60.7 Å². The molecule has 0 saturated carbocycles. The number of rotatable bonds is 39. The summed E-state index contributed by atoms with van der Waals surface area (Å²) >= 11 is 0. The number of carbonyl (C=O) groups is 8. The second kappa shape index (κ2) is 46.4. The van der Waals surface area contributed by atoms with Crippen LogP contribution in [0.25, 0.3) is 44.7 Å². The number of fused-ring (bicyclic) bond motifs is 4. The van der Waals surface area contributed by atoms with E-state index in [0.29, 0.717) is 54.5 Å². The van der Waals surface area contributed by atoms with E-state index in [4.69, 9.17) is 105 Å². The lowest BCUT2D eigenvalue weighted by atomic mass is 9.92. The number of anilines is 4. The van der Waals surface area contributed by atoms with Crippen LogP contribution >= 0.6 is 0 Å². The lowest BCUT2D eigenvalue weighted by molar-refractivity contribution is -0.224. The molecule has 8 aromatic heterocycles. The van der Waals surface area contributed by atoms with Crippen molar-refractivity contribution in [3.63, 3.8) is 0 Å². The smallest absolute Gasteiger partial charge is 0.307 e. The number of ether oxygens (including phenoxy) is 12. The molecule has 44 heteroatoms. The molecule has 40 nitrogen and oxygen atoms in total. The Hall–Kier alpha value is -12.9. The molecule has 0 spiro atoms. The highest BCUT2D eigenvalue weighted by Crippen LogP contribution is 2.54. The predicted molar refractivity (Wildman–Crippen MR) is 474 cm³/mol. The van der Waals surface area contributed by atoms with Crippen molar-refractivity contribution in [1.29, 1.82) is 0 Å². The molecule has 12 rings (SSSR count). The number of hydrogen-bond donors (Lipinski definition) is 8. The van der Waals surface area contributed by atoms with E-state index < -0.39 is 169 Å². The summed E-state index contributed by atoms with van der Waals surface area (Å²) < 4.78 is 134. The molecule has 0 aliphatic carbocycles. The highest BCUT2D eigenvalue weighted by Gasteiger charge is 2.74. The molecule has 4 fully saturated rings. The van der Waals surface area contributed by atoms with Crippen molar-refractivity contribution in [2.45, 2.75) is 298 Å². The summed E-state index contributed by atoms with van der Waals surface area (Å²) in [5.41, 5.74) is 17.2. The van der Waals surface area contributed by atoms with Gasteiger partial charge in [-0.2, -0.15) is 0 Å². The second-order valence-electron chi connectivity index (χ2n) is 32.1. The number of nitrogens with zero attached hydrogens (tertiary/aromatic N) is 12. The number of nitrogen functional groups attached to an aromatic ring is 4. The van der Waals surface area contributed by atoms with E-state index in [2.05, 4.69) is 77.4 Å². The normalized spacial score (nSPS) is 26.4. The molecule has 0 bridgehead atoms. The number of nitrogens with two attached hydrogens (primary N) is 4. The van der Waals surface area contributed by atoms with Crippen molar-refractivity contribution >= 4 is 115 Å². The average molecular weight is 1890 g/mol. The van der Waals surface area contributed by atoms with Gasteiger partial charge in [0.2, 0.25) is 35.6 Å². The van der Waals surface area contributed by atoms with Gasteiger partial charge in [0.25, 0.3) is 34.6 Å². The van der Waals surface area contributed by atoms with E-state index in [1.54, 1.807) is 20.8 Å². The highest BCUT2D eigenvalue weighted by atomic mass is 19.2. The van der Waals surface area contributed by atoms with Gasteiger partial charge in [-0.05, 0) is 68.2 Å². The standard InChI is InChI=1S/C25H31FN4O7.C23H31FN4O5.C22H25FN4O7.C21H27FN4O5/c1-5-9-17(31)34-14-25(26)22(35-18(32)10-6-2)24(8-4,36-19(33)11-7-3)23(37-25)30-15-29-20-16(27)12-13-28-21(20)30;1-3-5-6-7-8-9-10-11-17(30)32-20-22(31,4-2)21(33-23(20,24)14-29)28-15-27-18-16(25)12-13-26-19(18)28;1-5-14(28)31-11-22(23)19(32-15(29)6-2)21(8-4,33-16(30)7-3)20(34-22)27-12-26-17-13(24)9-10-25-18(17)27;1-3-5-6-7-8-9-15(28)30-18-20(29,4-2)19(31-21(18,22)12-27)26-13-25-16-14(23)10-11-24-17(16)26/h4,12-13,15,22-23H,5-7,9-11,14H2,1-3H3,(H2,27,28);2,12-13,15,20-21,29,31H,3,5-11,14H2,1H3,(H2,25,26);4,9-10,12,19-20H,5-7,11H2,1-3H3,(H2,24,25);2,10-11,13,18-19,27,29H,3,5-9,12H2,1H3,(H2,23,24)/t22-,23+,24+,25+;20-,21+,22+,23+;19-,20+,21+,22+;18-,19+,20+,21+/m0000/s1. The molecule has 12 N–H and O–H groups in total. The van der Waals surface area contributed by atoms with E-state index in [-0.39, 0.29) is 96.4 Å². The molecular formula is C91H114F4N16O24. The molecular weight excluding hydrogens is 1780 g/mol. The minimum Gasteiger partial charge on any atom is -0.459 e. The van der Waals surface area contributed by atoms with Crippen LogP contribution in [0.15, 0.2) is 74.4 Å². The van der Waals surface area contributed by atoms with E-state index >= 15 is 17.6 Å². The van der Waals surface area contributed by atoms with Crippen LogP contribution in [0.5, 0.6) is 0 Å². The Morgan fingerprint density at radius 2 is 0.652 bits per heavy atom. The van der Waals surface area contributed by atoms with Crippen LogP contribution in [-0.4, -0.2) is 223 Å². The maximum absolute atomic E-state index is 16.7. The number of hydrogen-bond acceptors (Lipinski definition) is 36. The van der Waals surface area contributed by atoms with Gasteiger partial charge in [-0.3, -0.25) is 56.6 Å². The summed E-state index contributed by atoms with van der Waals surface area (Å²) in [6, 6.07) is 6.09. The number of halogens is 4. The van der Waals surface area contributed by atoms with E-state index in [9.17, 15) is 58.8 Å². The van der Waals surface area contributed by atoms with Crippen LogP contribution in [-0.2, 0) is 95.2 Å². The van der Waals surface area contributed by atoms with Crippen LogP contribution in [0, 0.1) is 49.4 Å². The Morgan fingerprint density at radius 1 is 0.363 bits per heavy atom. The first-order chi connectivity index (χ1) is 64.4. The van der Waals surface area contributed by atoms with Crippen molar-refractivity contribution in [1.82, 2.24) is 58.1 Å². The first-order valence-electron chi connectivity index (χ1n) is 44.3. The number of esters is 8. The van der Waals surface area contributed by atoms with Crippen LogP contribution in [0.2, 0.25) is 0 Å². The third-order valence-electron chi connectivity index (χ3n) is 22.3. The summed E-state index contributed by atoms with van der Waals surface area (Å²) in [6.07, 6.45) is 31.5. The minimum atomic E-state index is -2.98. The number of alkyl halides is 4. The van der Waals surface area contributed by atoms with Crippen molar-refractivity contribution in [3.8, 4) is 49.4 Å². The van der Waals surface area contributed by atoms with Gasteiger partial charge in [0.05, 0.1) is 48.1 Å². The van der Waals surface area contributed by atoms with Crippen molar-refractivity contribution in [2.75, 3.05) is 49.4 Å². The molecule has 4 saturated heterocycles. The minimum absolute atomic E-state index is 0.0269. The molecule has 0 amide bonds. The van der Waals surface area contributed by atoms with Crippen molar-refractivity contribution in [2.24, 2.45) is 0 Å². The van der Waals surface area contributed by atoms with Crippen molar-refractivity contribution < 1.29 is 133 Å². The van der Waals surface area contributed by atoms with Gasteiger partial charge < -0.3 is 100 Å². The molecule has 4 aliphatic rings. The average Bonchev–Trinajstić information content (AvgIpc) is 1.63. The number of carbonyl (C=O) groups excluding carboxylic acids is 8. The Bertz CT molecular complexity index is 5680.